The summed E-state index contributed by atoms with van der Waals surface area (Å²) in [6.07, 6.45) is 7.55. The first-order chi connectivity index (χ1) is 9.80. The topological polar surface area (TPSA) is 52.0 Å². The van der Waals surface area contributed by atoms with Gasteiger partial charge in [-0.15, -0.1) is 0 Å². The Hall–Kier alpha value is -1.88. The SMILES string of the molecule is CCCn1ccnc1CC(NC)c1cccnc1OC. The van der Waals surface area contributed by atoms with Gasteiger partial charge in [0.25, 0.3) is 0 Å². The number of hydrogen-bond acceptors (Lipinski definition) is 4. The molecule has 1 unspecified atom stereocenters. The Balaban J connectivity index is 2.22. The van der Waals surface area contributed by atoms with Gasteiger partial charge in [0.1, 0.15) is 5.82 Å². The molecule has 0 aliphatic heterocycles. The quantitative estimate of drug-likeness (QED) is 0.841. The van der Waals surface area contributed by atoms with E-state index in [1.807, 2.05) is 31.6 Å². The molecule has 0 amide bonds. The molecule has 0 aliphatic rings. The number of aromatic nitrogens is 3. The fourth-order valence-corrected chi connectivity index (χ4v) is 2.36. The fourth-order valence-electron chi connectivity index (χ4n) is 2.36. The summed E-state index contributed by atoms with van der Waals surface area (Å²) in [6.45, 7) is 3.17. The number of ether oxygens (including phenoxy) is 1. The molecular formula is C15H22N4O. The Labute approximate surface area is 120 Å². The van der Waals surface area contributed by atoms with Crippen LogP contribution >= 0.6 is 0 Å². The number of hydrogen-bond donors (Lipinski definition) is 1. The van der Waals surface area contributed by atoms with Gasteiger partial charge < -0.3 is 14.6 Å². The van der Waals surface area contributed by atoms with Gasteiger partial charge in [-0.2, -0.15) is 0 Å². The van der Waals surface area contributed by atoms with Crippen LogP contribution in [0.15, 0.2) is 30.7 Å². The Morgan fingerprint density at radius 1 is 1.35 bits per heavy atom. The van der Waals surface area contributed by atoms with Gasteiger partial charge in [0, 0.05) is 43.2 Å². The van der Waals surface area contributed by atoms with E-state index in [0.717, 1.165) is 30.8 Å². The van der Waals surface area contributed by atoms with Crippen LogP contribution in [0.3, 0.4) is 0 Å². The van der Waals surface area contributed by atoms with Crippen LogP contribution < -0.4 is 10.1 Å². The monoisotopic (exact) mass is 274 g/mol. The highest BCUT2D eigenvalue weighted by atomic mass is 16.5. The lowest BCUT2D eigenvalue weighted by Gasteiger charge is -2.18. The third-order valence-electron chi connectivity index (χ3n) is 3.37. The molecule has 2 aromatic heterocycles. The molecule has 2 aromatic rings. The minimum atomic E-state index is 0.136. The van der Waals surface area contributed by atoms with Crippen molar-refractivity contribution >= 4 is 0 Å². The summed E-state index contributed by atoms with van der Waals surface area (Å²) in [5.74, 6) is 1.75. The summed E-state index contributed by atoms with van der Waals surface area (Å²) in [5, 5.41) is 3.33. The van der Waals surface area contributed by atoms with E-state index in [1.165, 1.54) is 0 Å². The molecule has 1 N–H and O–H groups in total. The van der Waals surface area contributed by atoms with Crippen molar-refractivity contribution in [3.05, 3.63) is 42.1 Å². The highest BCUT2D eigenvalue weighted by Crippen LogP contribution is 2.24. The summed E-state index contributed by atoms with van der Waals surface area (Å²) in [5.41, 5.74) is 1.06. The summed E-state index contributed by atoms with van der Waals surface area (Å²) in [6, 6.07) is 4.11. The molecule has 5 nitrogen and oxygen atoms in total. The van der Waals surface area contributed by atoms with Gasteiger partial charge in [-0.1, -0.05) is 13.0 Å². The average molecular weight is 274 g/mol. The maximum atomic E-state index is 5.35. The van der Waals surface area contributed by atoms with Crippen LogP contribution in [0, 0.1) is 0 Å². The van der Waals surface area contributed by atoms with Crippen LogP contribution in [0.4, 0.5) is 0 Å². The average Bonchev–Trinajstić information content (AvgIpc) is 2.92. The van der Waals surface area contributed by atoms with Gasteiger partial charge in [-0.25, -0.2) is 9.97 Å². The number of likely N-dealkylation sites (N-methyl/N-ethyl adjacent to an activating group) is 1. The van der Waals surface area contributed by atoms with Crippen molar-refractivity contribution in [2.75, 3.05) is 14.2 Å². The van der Waals surface area contributed by atoms with Crippen LogP contribution in [0.25, 0.3) is 0 Å². The van der Waals surface area contributed by atoms with Crippen LogP contribution in [0.1, 0.15) is 30.8 Å². The Morgan fingerprint density at radius 2 is 2.20 bits per heavy atom. The van der Waals surface area contributed by atoms with E-state index in [1.54, 1.807) is 13.3 Å². The van der Waals surface area contributed by atoms with Crippen molar-refractivity contribution in [3.8, 4) is 5.88 Å². The van der Waals surface area contributed by atoms with E-state index >= 15 is 0 Å². The Bertz CT molecular complexity index is 538. The van der Waals surface area contributed by atoms with Gasteiger partial charge in [0.15, 0.2) is 0 Å². The van der Waals surface area contributed by atoms with E-state index in [0.29, 0.717) is 5.88 Å². The van der Waals surface area contributed by atoms with Crippen molar-refractivity contribution in [1.82, 2.24) is 19.9 Å². The minimum Gasteiger partial charge on any atom is -0.481 e. The third-order valence-corrected chi connectivity index (χ3v) is 3.37. The summed E-state index contributed by atoms with van der Waals surface area (Å²) in [4.78, 5) is 8.73. The van der Waals surface area contributed by atoms with Crippen LogP contribution in [0.5, 0.6) is 5.88 Å². The second-order valence-electron chi connectivity index (χ2n) is 4.68. The lowest BCUT2D eigenvalue weighted by Crippen LogP contribution is -2.21. The molecule has 0 saturated carbocycles. The number of rotatable bonds is 7. The highest BCUT2D eigenvalue weighted by Gasteiger charge is 2.17. The van der Waals surface area contributed by atoms with E-state index in [9.17, 15) is 0 Å². The summed E-state index contributed by atoms with van der Waals surface area (Å²) in [7, 11) is 3.60. The van der Waals surface area contributed by atoms with Crippen LogP contribution in [0.2, 0.25) is 0 Å². The maximum absolute atomic E-state index is 5.35. The molecule has 0 spiro atoms. The predicted octanol–water partition coefficient (Wildman–Crippen LogP) is 2.20. The number of pyridine rings is 1. The first-order valence-corrected chi connectivity index (χ1v) is 6.96. The number of aryl methyl sites for hydroxylation is 1. The minimum absolute atomic E-state index is 0.136. The second kappa shape index (κ2) is 7.05. The molecule has 0 saturated heterocycles. The Morgan fingerprint density at radius 3 is 2.90 bits per heavy atom. The highest BCUT2D eigenvalue weighted by molar-refractivity contribution is 5.29. The van der Waals surface area contributed by atoms with Gasteiger partial charge in [-0.3, -0.25) is 0 Å². The molecule has 5 heteroatoms. The first-order valence-electron chi connectivity index (χ1n) is 6.96. The van der Waals surface area contributed by atoms with Crippen LogP contribution in [-0.2, 0) is 13.0 Å². The molecule has 0 aromatic carbocycles. The number of imidazole rings is 1. The molecule has 1 atom stereocenters. The summed E-state index contributed by atoms with van der Waals surface area (Å²) >= 11 is 0. The largest absolute Gasteiger partial charge is 0.481 e. The van der Waals surface area contributed by atoms with Crippen molar-refractivity contribution < 1.29 is 4.74 Å². The van der Waals surface area contributed by atoms with Gasteiger partial charge >= 0.3 is 0 Å². The lowest BCUT2D eigenvalue weighted by molar-refractivity contribution is 0.383. The second-order valence-corrected chi connectivity index (χ2v) is 4.68. The van der Waals surface area contributed by atoms with Crippen LogP contribution in [-0.4, -0.2) is 28.7 Å². The van der Waals surface area contributed by atoms with Gasteiger partial charge in [0.05, 0.1) is 7.11 Å². The molecule has 0 bridgehead atoms. The molecular weight excluding hydrogens is 252 g/mol. The zero-order valence-electron chi connectivity index (χ0n) is 12.3. The predicted molar refractivity (Wildman–Crippen MR) is 78.8 cm³/mol. The molecule has 0 radical (unpaired) electrons. The molecule has 2 heterocycles. The zero-order chi connectivity index (χ0) is 14.4. The number of nitrogens with one attached hydrogen (secondary N) is 1. The first kappa shape index (κ1) is 14.5. The third kappa shape index (κ3) is 3.17. The maximum Gasteiger partial charge on any atom is 0.217 e. The Kier molecular flexibility index (Phi) is 5.12. The van der Waals surface area contributed by atoms with Crippen molar-refractivity contribution in [2.24, 2.45) is 0 Å². The van der Waals surface area contributed by atoms with Gasteiger partial charge in [0.2, 0.25) is 5.88 Å². The zero-order valence-corrected chi connectivity index (χ0v) is 12.3. The van der Waals surface area contributed by atoms with E-state index in [4.69, 9.17) is 4.74 Å². The van der Waals surface area contributed by atoms with Gasteiger partial charge in [-0.05, 0) is 19.5 Å². The molecule has 20 heavy (non-hydrogen) atoms. The smallest absolute Gasteiger partial charge is 0.217 e. The van der Waals surface area contributed by atoms with Crippen molar-refractivity contribution in [3.63, 3.8) is 0 Å². The molecule has 0 fully saturated rings. The fraction of sp³-hybridized carbons (Fsp3) is 0.467. The standard InChI is InChI=1S/C15H22N4O/c1-4-9-19-10-8-17-14(19)11-13(16-2)12-6-5-7-18-15(12)20-3/h5-8,10,13,16H,4,9,11H2,1-3H3. The summed E-state index contributed by atoms with van der Waals surface area (Å²) < 4.78 is 7.55. The molecule has 108 valence electrons. The normalized spacial score (nSPS) is 12.3. The molecule has 0 aliphatic carbocycles. The number of methoxy groups -OCH3 is 1. The van der Waals surface area contributed by atoms with E-state index in [-0.39, 0.29) is 6.04 Å². The van der Waals surface area contributed by atoms with Crippen molar-refractivity contribution in [2.45, 2.75) is 32.4 Å². The lowest BCUT2D eigenvalue weighted by atomic mass is 10.0. The van der Waals surface area contributed by atoms with Crippen molar-refractivity contribution in [1.29, 1.82) is 0 Å². The molecule has 2 rings (SSSR count). The van der Waals surface area contributed by atoms with E-state index < -0.39 is 0 Å². The van der Waals surface area contributed by atoms with E-state index in [2.05, 4.69) is 26.8 Å². The number of nitrogens with zero attached hydrogens (tertiary/aromatic N) is 3.